The zero-order valence-electron chi connectivity index (χ0n) is 18.6. The first-order valence-electron chi connectivity index (χ1n) is 9.37. The maximum atomic E-state index is 12.1. The molecule has 1 unspecified atom stereocenters. The minimum absolute atomic E-state index is 0. The van der Waals surface area contributed by atoms with Crippen LogP contribution in [0.5, 0.6) is 0 Å². The topological polar surface area (TPSA) is 92.6 Å². The Balaban J connectivity index is 0.00000729. The number of carbonyl (C=O) groups excluding carboxylic acids is 1. The van der Waals surface area contributed by atoms with Crippen LogP contribution in [-0.4, -0.2) is 47.1 Å². The number of hydrogen-bond donors (Lipinski definition) is 3. The molecule has 0 aliphatic carbocycles. The lowest BCUT2D eigenvalue weighted by Gasteiger charge is -2.26. The molecule has 3 N–H and O–H groups in total. The number of aliphatic imine (C=N–C) groups is 1. The summed E-state index contributed by atoms with van der Waals surface area (Å²) in [6.07, 6.45) is -0.410. The van der Waals surface area contributed by atoms with Crippen LogP contribution in [0.3, 0.4) is 0 Å². The Morgan fingerprint density at radius 2 is 1.86 bits per heavy atom. The highest BCUT2D eigenvalue weighted by molar-refractivity contribution is 14.0. The van der Waals surface area contributed by atoms with Crippen LogP contribution in [0.2, 0.25) is 0 Å². The largest absolute Gasteiger partial charge is 0.444 e. The highest BCUT2D eigenvalue weighted by Crippen LogP contribution is 2.11. The lowest BCUT2D eigenvalue weighted by Crippen LogP contribution is -2.50. The molecule has 8 nitrogen and oxygen atoms in total. The second kappa shape index (κ2) is 11.5. The quantitative estimate of drug-likeness (QED) is 0.312. The summed E-state index contributed by atoms with van der Waals surface area (Å²) in [6.45, 7) is 14.9. The standard InChI is InChI=1S/C19H36N6O2.HI/c1-12(2)16(23-18(26)27-19(5,6)7)11-22-17(20-8)21-10-15-13(3)24-25(9)14(15)4;/h12,16H,10-11H2,1-9H3,(H,23,26)(H2,20,21,22);1H. The van der Waals surface area contributed by atoms with E-state index >= 15 is 0 Å². The molecule has 1 atom stereocenters. The third-order valence-electron chi connectivity index (χ3n) is 4.31. The van der Waals surface area contributed by atoms with Crippen molar-refractivity contribution in [1.29, 1.82) is 0 Å². The van der Waals surface area contributed by atoms with Gasteiger partial charge in [-0.15, -0.1) is 24.0 Å². The zero-order valence-corrected chi connectivity index (χ0v) is 21.0. The van der Waals surface area contributed by atoms with Crippen LogP contribution in [-0.2, 0) is 18.3 Å². The number of nitrogens with zero attached hydrogens (tertiary/aromatic N) is 3. The summed E-state index contributed by atoms with van der Waals surface area (Å²) in [5.74, 6) is 0.917. The van der Waals surface area contributed by atoms with Crippen molar-refractivity contribution in [1.82, 2.24) is 25.7 Å². The second-order valence-corrected chi connectivity index (χ2v) is 8.08. The predicted molar refractivity (Wildman–Crippen MR) is 124 cm³/mol. The van der Waals surface area contributed by atoms with Crippen molar-refractivity contribution in [3.63, 3.8) is 0 Å². The third-order valence-corrected chi connectivity index (χ3v) is 4.31. The first-order valence-corrected chi connectivity index (χ1v) is 9.37. The number of guanidine groups is 1. The molecule has 1 rings (SSSR count). The van der Waals surface area contributed by atoms with Crippen molar-refractivity contribution < 1.29 is 9.53 Å². The second-order valence-electron chi connectivity index (χ2n) is 8.08. The minimum atomic E-state index is -0.518. The Bertz CT molecular complexity index is 664. The summed E-state index contributed by atoms with van der Waals surface area (Å²) in [4.78, 5) is 16.3. The van der Waals surface area contributed by atoms with Gasteiger partial charge in [0.2, 0.25) is 0 Å². The Labute approximate surface area is 186 Å². The van der Waals surface area contributed by atoms with E-state index < -0.39 is 11.7 Å². The molecule has 1 amide bonds. The van der Waals surface area contributed by atoms with Crippen LogP contribution in [0.25, 0.3) is 0 Å². The molecule has 0 fully saturated rings. The number of nitrogens with one attached hydrogen (secondary N) is 3. The molecule has 0 aliphatic heterocycles. The molecule has 0 saturated carbocycles. The van der Waals surface area contributed by atoms with Gasteiger partial charge in [0.05, 0.1) is 11.7 Å². The van der Waals surface area contributed by atoms with Gasteiger partial charge in [0.1, 0.15) is 5.60 Å². The molecule has 28 heavy (non-hydrogen) atoms. The highest BCUT2D eigenvalue weighted by Gasteiger charge is 2.21. The lowest BCUT2D eigenvalue weighted by molar-refractivity contribution is 0.0491. The normalized spacial score (nSPS) is 13.0. The highest BCUT2D eigenvalue weighted by atomic mass is 127. The summed E-state index contributed by atoms with van der Waals surface area (Å²) >= 11 is 0. The van der Waals surface area contributed by atoms with E-state index in [1.165, 1.54) is 0 Å². The molecule has 0 spiro atoms. The molecule has 1 aromatic heterocycles. The fourth-order valence-corrected chi connectivity index (χ4v) is 2.58. The van der Waals surface area contributed by atoms with E-state index in [2.05, 4.69) is 39.9 Å². The summed E-state index contributed by atoms with van der Waals surface area (Å²) in [5, 5.41) is 13.9. The number of alkyl carbamates (subject to hydrolysis) is 1. The monoisotopic (exact) mass is 508 g/mol. The summed E-state index contributed by atoms with van der Waals surface area (Å²) in [7, 11) is 3.67. The van der Waals surface area contributed by atoms with Crippen LogP contribution in [0.4, 0.5) is 4.79 Å². The van der Waals surface area contributed by atoms with Crippen molar-refractivity contribution in [3.8, 4) is 0 Å². The van der Waals surface area contributed by atoms with E-state index in [1.54, 1.807) is 7.05 Å². The van der Waals surface area contributed by atoms with Crippen LogP contribution in [0.1, 0.15) is 51.6 Å². The zero-order chi connectivity index (χ0) is 20.8. The molecule has 0 aliphatic rings. The number of carbonyl (C=O) groups is 1. The Kier molecular flexibility index (Phi) is 10.9. The van der Waals surface area contributed by atoms with E-state index in [0.29, 0.717) is 19.0 Å². The fourth-order valence-electron chi connectivity index (χ4n) is 2.58. The fraction of sp³-hybridized carbons (Fsp3) is 0.737. The lowest BCUT2D eigenvalue weighted by atomic mass is 10.0. The molecule has 0 aromatic carbocycles. The number of ether oxygens (including phenoxy) is 1. The van der Waals surface area contributed by atoms with E-state index in [9.17, 15) is 4.79 Å². The van der Waals surface area contributed by atoms with Crippen molar-refractivity contribution in [2.75, 3.05) is 13.6 Å². The van der Waals surface area contributed by atoms with Crippen LogP contribution >= 0.6 is 24.0 Å². The molecule has 162 valence electrons. The van der Waals surface area contributed by atoms with Crippen molar-refractivity contribution in [2.45, 2.75) is 66.7 Å². The van der Waals surface area contributed by atoms with Crippen LogP contribution in [0, 0.1) is 19.8 Å². The number of aromatic nitrogens is 2. The van der Waals surface area contributed by atoms with Gasteiger partial charge in [-0.25, -0.2) is 4.79 Å². The molecule has 9 heteroatoms. The first-order chi connectivity index (χ1) is 12.4. The maximum absolute atomic E-state index is 12.1. The van der Waals surface area contributed by atoms with Gasteiger partial charge in [-0.05, 0) is 40.5 Å². The van der Waals surface area contributed by atoms with Gasteiger partial charge in [-0.3, -0.25) is 9.67 Å². The van der Waals surface area contributed by atoms with Crippen LogP contribution < -0.4 is 16.0 Å². The van der Waals surface area contributed by atoms with E-state index in [-0.39, 0.29) is 35.9 Å². The van der Waals surface area contributed by atoms with Crippen molar-refractivity contribution in [2.24, 2.45) is 18.0 Å². The van der Waals surface area contributed by atoms with Crippen molar-refractivity contribution >= 4 is 36.0 Å². The summed E-state index contributed by atoms with van der Waals surface area (Å²) < 4.78 is 7.23. The molecule has 0 saturated heterocycles. The van der Waals surface area contributed by atoms with E-state index in [0.717, 1.165) is 17.0 Å². The summed E-state index contributed by atoms with van der Waals surface area (Å²) in [6, 6.07) is -0.0831. The third kappa shape index (κ3) is 8.66. The van der Waals surface area contributed by atoms with E-state index in [4.69, 9.17) is 4.74 Å². The minimum Gasteiger partial charge on any atom is -0.444 e. The molecular formula is C19H37IN6O2. The Morgan fingerprint density at radius 3 is 2.29 bits per heavy atom. The number of hydrogen-bond acceptors (Lipinski definition) is 4. The van der Waals surface area contributed by atoms with Gasteiger partial charge in [-0.2, -0.15) is 5.10 Å². The van der Waals surface area contributed by atoms with Gasteiger partial charge in [0.15, 0.2) is 5.96 Å². The molecule has 0 radical (unpaired) electrons. The Morgan fingerprint density at radius 1 is 1.25 bits per heavy atom. The SMILES string of the molecule is CN=C(NCc1c(C)nn(C)c1C)NCC(NC(=O)OC(C)(C)C)C(C)C.I. The maximum Gasteiger partial charge on any atom is 0.407 e. The molecular weight excluding hydrogens is 471 g/mol. The number of amides is 1. The van der Waals surface area contributed by atoms with Crippen molar-refractivity contribution in [3.05, 3.63) is 17.0 Å². The number of halogens is 1. The van der Waals surface area contributed by atoms with Gasteiger partial charge in [0.25, 0.3) is 0 Å². The number of aryl methyl sites for hydroxylation is 2. The Hall–Kier alpha value is -1.52. The molecule has 1 aromatic rings. The number of rotatable bonds is 6. The summed E-state index contributed by atoms with van der Waals surface area (Å²) in [5.41, 5.74) is 2.77. The smallest absolute Gasteiger partial charge is 0.407 e. The van der Waals surface area contributed by atoms with E-state index in [1.807, 2.05) is 46.3 Å². The average Bonchev–Trinajstić information content (AvgIpc) is 2.77. The predicted octanol–water partition coefficient (Wildman–Crippen LogP) is 2.87. The molecule has 0 bridgehead atoms. The van der Waals surface area contributed by atoms with Gasteiger partial charge >= 0.3 is 6.09 Å². The molecule has 1 heterocycles. The average molecular weight is 508 g/mol. The van der Waals surface area contributed by atoms with Gasteiger partial charge < -0.3 is 20.7 Å². The van der Waals surface area contributed by atoms with Gasteiger partial charge in [0, 0.05) is 38.4 Å². The first kappa shape index (κ1) is 26.5. The van der Waals surface area contributed by atoms with Crippen LogP contribution in [0.15, 0.2) is 4.99 Å². The van der Waals surface area contributed by atoms with Gasteiger partial charge in [-0.1, -0.05) is 13.8 Å².